The number of carbonyl (C=O) groups excluding carboxylic acids is 2. The highest BCUT2D eigenvalue weighted by Gasteiger charge is 2.27. The zero-order valence-electron chi connectivity index (χ0n) is 30.2. The van der Waals surface area contributed by atoms with Crippen LogP contribution in [0.15, 0.2) is 47.5 Å². The van der Waals surface area contributed by atoms with Crippen molar-refractivity contribution in [1.29, 1.82) is 0 Å². The number of nitrogens with zero attached hydrogens (tertiary/aromatic N) is 3. The molecule has 0 spiro atoms. The lowest BCUT2D eigenvalue weighted by Crippen LogP contribution is -2.41. The second-order valence-corrected chi connectivity index (χ2v) is 13.3. The number of rotatable bonds is 8. The Kier molecular flexibility index (Phi) is 11.4. The Morgan fingerprint density at radius 3 is 2.42 bits per heavy atom. The number of hydrogen-bond acceptors (Lipinski definition) is 12. The molecule has 5 rings (SSSR count). The third-order valence-electron chi connectivity index (χ3n) is 8.46. The Morgan fingerprint density at radius 1 is 1.02 bits per heavy atom. The van der Waals surface area contributed by atoms with Gasteiger partial charge >= 0.3 is 12.2 Å². The van der Waals surface area contributed by atoms with Crippen LogP contribution in [0.2, 0.25) is 0 Å². The van der Waals surface area contributed by atoms with Gasteiger partial charge in [0.25, 0.3) is 0 Å². The summed E-state index contributed by atoms with van der Waals surface area (Å²) in [4.78, 5) is 46.4. The van der Waals surface area contributed by atoms with E-state index < -0.39 is 23.3 Å². The van der Waals surface area contributed by atoms with Gasteiger partial charge in [-0.25, -0.2) is 14.6 Å². The number of methoxy groups -OCH3 is 2. The lowest BCUT2D eigenvalue weighted by atomic mass is 9.90. The highest BCUT2D eigenvalue weighted by molar-refractivity contribution is 5.83. The highest BCUT2D eigenvalue weighted by atomic mass is 16.7. The number of anilines is 2. The van der Waals surface area contributed by atoms with E-state index in [1.165, 1.54) is 7.11 Å². The SMILES string of the molecule is CCOC(=O)Oc1cn([C@H]2CC[C@H](NC(=O)OC(C)(C)C)CC2)c2cc(C#Cc3cc(Cc4cnc(N)nc4N)cc(OC)c3OC)ccc2c1=O. The van der Waals surface area contributed by atoms with Crippen LogP contribution in [0, 0.1) is 11.8 Å². The summed E-state index contributed by atoms with van der Waals surface area (Å²) < 4.78 is 29.0. The van der Waals surface area contributed by atoms with Gasteiger partial charge in [-0.05, 0) is 89.3 Å². The molecule has 4 aromatic rings. The Labute approximate surface area is 301 Å². The number of amides is 1. The number of aromatic nitrogens is 3. The molecule has 0 saturated heterocycles. The van der Waals surface area contributed by atoms with Crippen molar-refractivity contribution in [2.75, 3.05) is 32.3 Å². The Bertz CT molecular complexity index is 2090. The fourth-order valence-corrected chi connectivity index (χ4v) is 6.13. The normalized spacial score (nSPS) is 15.6. The molecular formula is C38H44N6O8. The van der Waals surface area contributed by atoms with Gasteiger partial charge in [0.2, 0.25) is 11.4 Å². The standard InChI is InChI=1S/C38H44N6O8/c1-7-50-37(47)51-31-21-44(27-13-11-26(12-14-27)42-36(46)52-38(2,3)4)29-18-22(9-15-28(29)32(31)45)8-10-24-16-23(19-30(48-5)33(24)49-6)17-25-20-41-35(40)43-34(25)39/h9,15-16,18-21,26-27H,7,11-14,17H2,1-6H3,(H,42,46)(H4,39,40,41,43)/t26-,27-. The summed E-state index contributed by atoms with van der Waals surface area (Å²) in [7, 11) is 3.08. The van der Waals surface area contributed by atoms with E-state index in [2.05, 4.69) is 27.1 Å². The first-order valence-electron chi connectivity index (χ1n) is 16.9. The summed E-state index contributed by atoms with van der Waals surface area (Å²) in [5.74, 6) is 7.59. The molecule has 0 radical (unpaired) electrons. The molecule has 14 nitrogen and oxygen atoms in total. The average Bonchev–Trinajstić information content (AvgIpc) is 3.09. The van der Waals surface area contributed by atoms with E-state index in [4.69, 9.17) is 35.2 Å². The quantitative estimate of drug-likeness (QED) is 0.154. The summed E-state index contributed by atoms with van der Waals surface area (Å²) >= 11 is 0. The first-order chi connectivity index (χ1) is 24.8. The number of nitrogen functional groups attached to an aromatic ring is 2. The zero-order chi connectivity index (χ0) is 37.6. The first kappa shape index (κ1) is 37.3. The highest BCUT2D eigenvalue weighted by Crippen LogP contribution is 2.35. The fraction of sp³-hybridized carbons (Fsp3) is 0.395. The molecule has 1 aliphatic carbocycles. The van der Waals surface area contributed by atoms with E-state index in [-0.39, 0.29) is 36.2 Å². The molecule has 1 aliphatic rings. The molecule has 1 amide bonds. The van der Waals surface area contributed by atoms with Crippen LogP contribution in [0.1, 0.15) is 81.7 Å². The number of nitrogens with two attached hydrogens (primary N) is 2. The number of nitrogens with one attached hydrogen (secondary N) is 1. The van der Waals surface area contributed by atoms with Gasteiger partial charge in [-0.15, -0.1) is 0 Å². The molecule has 0 bridgehead atoms. The number of pyridine rings is 1. The smallest absolute Gasteiger partial charge is 0.493 e. The molecule has 5 N–H and O–H groups in total. The van der Waals surface area contributed by atoms with Crippen LogP contribution in [0.5, 0.6) is 17.2 Å². The van der Waals surface area contributed by atoms with Crippen molar-refractivity contribution in [2.24, 2.45) is 0 Å². The summed E-state index contributed by atoms with van der Waals surface area (Å²) in [6.07, 6.45) is 4.83. The van der Waals surface area contributed by atoms with Gasteiger partial charge in [-0.2, -0.15) is 4.98 Å². The predicted octanol–water partition coefficient (Wildman–Crippen LogP) is 5.51. The van der Waals surface area contributed by atoms with E-state index in [0.717, 1.165) is 5.56 Å². The third kappa shape index (κ3) is 9.03. The minimum atomic E-state index is -0.962. The molecule has 1 saturated carbocycles. The fourth-order valence-electron chi connectivity index (χ4n) is 6.13. The first-order valence-corrected chi connectivity index (χ1v) is 16.9. The molecule has 1 fully saturated rings. The molecule has 2 aromatic carbocycles. The van der Waals surface area contributed by atoms with Gasteiger partial charge < -0.3 is 45.0 Å². The maximum absolute atomic E-state index is 13.6. The number of fused-ring (bicyclic) bond motifs is 1. The maximum Gasteiger partial charge on any atom is 0.514 e. The van der Waals surface area contributed by atoms with Crippen LogP contribution >= 0.6 is 0 Å². The Morgan fingerprint density at radius 2 is 1.77 bits per heavy atom. The molecule has 0 aliphatic heterocycles. The van der Waals surface area contributed by atoms with Gasteiger partial charge in [0.1, 0.15) is 11.4 Å². The molecule has 0 unspecified atom stereocenters. The molecule has 52 heavy (non-hydrogen) atoms. The van der Waals surface area contributed by atoms with Crippen molar-refractivity contribution in [3.8, 4) is 29.1 Å². The summed E-state index contributed by atoms with van der Waals surface area (Å²) in [6, 6.07) is 8.81. The second-order valence-electron chi connectivity index (χ2n) is 13.3. The predicted molar refractivity (Wildman–Crippen MR) is 196 cm³/mol. The molecule has 0 atom stereocenters. The number of benzene rings is 2. The largest absolute Gasteiger partial charge is 0.514 e. The van der Waals surface area contributed by atoms with Gasteiger partial charge in [0.05, 0.1) is 38.1 Å². The van der Waals surface area contributed by atoms with Gasteiger partial charge in [0.15, 0.2) is 17.2 Å². The third-order valence-corrected chi connectivity index (χ3v) is 8.46. The molecule has 274 valence electrons. The van der Waals surface area contributed by atoms with Crippen LogP contribution in [0.25, 0.3) is 10.9 Å². The average molecular weight is 713 g/mol. The number of ether oxygens (including phenoxy) is 5. The van der Waals surface area contributed by atoms with Crippen molar-refractivity contribution in [3.63, 3.8) is 0 Å². The molecule has 14 heteroatoms. The van der Waals surface area contributed by atoms with Crippen LogP contribution in [0.3, 0.4) is 0 Å². The molecular weight excluding hydrogens is 668 g/mol. The monoisotopic (exact) mass is 712 g/mol. The Hall–Kier alpha value is -5.97. The van der Waals surface area contributed by atoms with E-state index in [1.807, 2.05) is 43.5 Å². The van der Waals surface area contributed by atoms with Crippen molar-refractivity contribution in [3.05, 3.63) is 75.2 Å². The number of carbonyl (C=O) groups is 2. The summed E-state index contributed by atoms with van der Waals surface area (Å²) in [5.41, 5.74) is 14.0. The van der Waals surface area contributed by atoms with E-state index in [0.29, 0.717) is 71.2 Å². The lowest BCUT2D eigenvalue weighted by molar-refractivity contribution is 0.0488. The van der Waals surface area contributed by atoms with Crippen molar-refractivity contribution < 1.29 is 33.3 Å². The topological polar surface area (TPSA) is 192 Å². The van der Waals surface area contributed by atoms with Gasteiger partial charge in [-0.3, -0.25) is 4.79 Å². The molecule has 2 heterocycles. The number of hydrogen-bond donors (Lipinski definition) is 3. The summed E-state index contributed by atoms with van der Waals surface area (Å²) in [6.45, 7) is 7.21. The minimum Gasteiger partial charge on any atom is -0.493 e. The maximum atomic E-state index is 13.6. The van der Waals surface area contributed by atoms with Gasteiger partial charge in [0, 0.05) is 41.2 Å². The minimum absolute atomic E-state index is 0.0693. The van der Waals surface area contributed by atoms with Gasteiger partial charge in [-0.1, -0.05) is 11.8 Å². The van der Waals surface area contributed by atoms with Crippen LogP contribution in [-0.2, 0) is 15.9 Å². The van der Waals surface area contributed by atoms with Crippen LogP contribution in [-0.4, -0.2) is 59.3 Å². The van der Waals surface area contributed by atoms with Crippen LogP contribution < -0.4 is 36.4 Å². The number of alkyl carbamates (subject to hydrolysis) is 1. The van der Waals surface area contributed by atoms with Crippen molar-refractivity contribution in [2.45, 2.75) is 77.5 Å². The van der Waals surface area contributed by atoms with E-state index in [1.54, 1.807) is 38.6 Å². The summed E-state index contributed by atoms with van der Waals surface area (Å²) in [5, 5.41) is 3.32. The van der Waals surface area contributed by atoms with E-state index in [9.17, 15) is 14.4 Å². The van der Waals surface area contributed by atoms with Crippen molar-refractivity contribution in [1.82, 2.24) is 19.9 Å². The lowest BCUT2D eigenvalue weighted by Gasteiger charge is -2.32. The van der Waals surface area contributed by atoms with Crippen LogP contribution in [0.4, 0.5) is 21.4 Å². The van der Waals surface area contributed by atoms with Crippen molar-refractivity contribution >= 4 is 34.9 Å². The Balaban J connectivity index is 1.50. The second kappa shape index (κ2) is 15.9. The van der Waals surface area contributed by atoms with E-state index >= 15 is 0 Å². The molecule has 2 aromatic heterocycles. The zero-order valence-corrected chi connectivity index (χ0v) is 30.2.